The van der Waals surface area contributed by atoms with Gasteiger partial charge < -0.3 is 15.4 Å². The monoisotopic (exact) mass is 270 g/mol. The third-order valence-corrected chi connectivity index (χ3v) is 3.46. The molecule has 5 nitrogen and oxygen atoms in total. The number of ether oxygens (including phenoxy) is 1. The van der Waals surface area contributed by atoms with Crippen molar-refractivity contribution in [2.24, 2.45) is 4.99 Å². The summed E-state index contributed by atoms with van der Waals surface area (Å²) in [6.07, 6.45) is 0. The van der Waals surface area contributed by atoms with E-state index in [2.05, 4.69) is 20.6 Å². The van der Waals surface area contributed by atoms with Crippen molar-refractivity contribution in [2.45, 2.75) is 27.3 Å². The van der Waals surface area contributed by atoms with E-state index < -0.39 is 0 Å². The largest absolute Gasteiger partial charge is 0.380 e. The van der Waals surface area contributed by atoms with Gasteiger partial charge in [-0.3, -0.25) is 4.99 Å². The van der Waals surface area contributed by atoms with E-state index in [1.54, 1.807) is 18.4 Å². The summed E-state index contributed by atoms with van der Waals surface area (Å²) in [5, 5.41) is 7.57. The first-order valence-corrected chi connectivity index (χ1v) is 6.94. The maximum atomic E-state index is 5.26. The molecule has 0 aromatic carbocycles. The van der Waals surface area contributed by atoms with Gasteiger partial charge in [-0.15, -0.1) is 11.3 Å². The smallest absolute Gasteiger partial charge is 0.191 e. The molecular weight excluding hydrogens is 248 g/mol. The van der Waals surface area contributed by atoms with E-state index in [0.29, 0.717) is 6.61 Å². The fraction of sp³-hybridized carbons (Fsp3) is 0.667. The van der Waals surface area contributed by atoms with E-state index in [-0.39, 0.29) is 0 Å². The van der Waals surface area contributed by atoms with Crippen LogP contribution in [0.3, 0.4) is 0 Å². The van der Waals surface area contributed by atoms with Crippen LogP contribution in [0.4, 0.5) is 0 Å². The van der Waals surface area contributed by atoms with Gasteiger partial charge in [0.25, 0.3) is 0 Å². The lowest BCUT2D eigenvalue weighted by Gasteiger charge is -2.11. The summed E-state index contributed by atoms with van der Waals surface area (Å²) >= 11 is 1.72. The number of nitrogens with zero attached hydrogens (tertiary/aromatic N) is 2. The minimum absolute atomic E-state index is 0.690. The van der Waals surface area contributed by atoms with E-state index in [1.165, 1.54) is 4.88 Å². The maximum Gasteiger partial charge on any atom is 0.191 e. The van der Waals surface area contributed by atoms with Crippen molar-refractivity contribution >= 4 is 17.3 Å². The molecule has 1 aromatic rings. The van der Waals surface area contributed by atoms with Crippen molar-refractivity contribution in [3.05, 3.63) is 15.6 Å². The van der Waals surface area contributed by atoms with E-state index in [0.717, 1.165) is 36.4 Å². The predicted molar refractivity (Wildman–Crippen MR) is 76.3 cm³/mol. The number of aryl methyl sites for hydroxylation is 2. The van der Waals surface area contributed by atoms with Gasteiger partial charge in [-0.25, -0.2) is 4.98 Å². The average Bonchev–Trinajstić information content (AvgIpc) is 2.67. The number of nitrogens with one attached hydrogen (secondary N) is 2. The maximum absolute atomic E-state index is 5.26. The van der Waals surface area contributed by atoms with Crippen LogP contribution >= 0.6 is 11.3 Å². The first kappa shape index (κ1) is 14.9. The molecular formula is C12H22N4OS. The van der Waals surface area contributed by atoms with Crippen LogP contribution < -0.4 is 10.6 Å². The van der Waals surface area contributed by atoms with Gasteiger partial charge in [0.15, 0.2) is 5.96 Å². The van der Waals surface area contributed by atoms with Crippen molar-refractivity contribution in [3.8, 4) is 0 Å². The van der Waals surface area contributed by atoms with Crippen LogP contribution in [0.2, 0.25) is 0 Å². The molecule has 0 spiro atoms. The van der Waals surface area contributed by atoms with E-state index in [9.17, 15) is 0 Å². The highest BCUT2D eigenvalue weighted by atomic mass is 32.1. The SMILES string of the molecule is CCOCCNC(=NC)NCc1sc(C)nc1C. The zero-order chi connectivity index (χ0) is 13.4. The zero-order valence-electron chi connectivity index (χ0n) is 11.5. The van der Waals surface area contributed by atoms with Crippen molar-refractivity contribution < 1.29 is 4.74 Å². The van der Waals surface area contributed by atoms with Gasteiger partial charge >= 0.3 is 0 Å². The molecule has 0 aliphatic heterocycles. The molecule has 0 unspecified atom stereocenters. The molecule has 0 amide bonds. The fourth-order valence-electron chi connectivity index (χ4n) is 1.51. The molecule has 1 heterocycles. The molecule has 6 heteroatoms. The predicted octanol–water partition coefficient (Wildman–Crippen LogP) is 1.46. The molecule has 1 rings (SSSR count). The number of hydrogen-bond acceptors (Lipinski definition) is 4. The van der Waals surface area contributed by atoms with E-state index in [1.807, 2.05) is 20.8 Å². The summed E-state index contributed by atoms with van der Waals surface area (Å²) in [7, 11) is 1.76. The molecule has 0 aliphatic carbocycles. The Kier molecular flexibility index (Phi) is 6.67. The Balaban J connectivity index is 2.33. The highest BCUT2D eigenvalue weighted by molar-refractivity contribution is 7.11. The first-order valence-electron chi connectivity index (χ1n) is 6.12. The molecule has 0 atom stereocenters. The van der Waals surface area contributed by atoms with Crippen molar-refractivity contribution in [3.63, 3.8) is 0 Å². The lowest BCUT2D eigenvalue weighted by atomic mass is 10.4. The Bertz CT molecular complexity index is 389. The van der Waals surface area contributed by atoms with Crippen LogP contribution in [0.15, 0.2) is 4.99 Å². The summed E-state index contributed by atoms with van der Waals surface area (Å²) < 4.78 is 5.26. The molecule has 0 aliphatic rings. The normalized spacial score (nSPS) is 11.7. The topological polar surface area (TPSA) is 58.5 Å². The number of aromatic nitrogens is 1. The third-order valence-electron chi connectivity index (χ3n) is 2.38. The molecule has 18 heavy (non-hydrogen) atoms. The molecule has 0 saturated carbocycles. The Morgan fingerprint density at radius 3 is 2.72 bits per heavy atom. The molecule has 1 aromatic heterocycles. The van der Waals surface area contributed by atoms with Gasteiger partial charge in [0.1, 0.15) is 0 Å². The van der Waals surface area contributed by atoms with E-state index in [4.69, 9.17) is 4.74 Å². The van der Waals surface area contributed by atoms with Crippen LogP contribution in [0, 0.1) is 13.8 Å². The molecule has 0 saturated heterocycles. The minimum atomic E-state index is 0.690. The molecule has 0 bridgehead atoms. The van der Waals surface area contributed by atoms with Gasteiger partial charge in [-0.1, -0.05) is 0 Å². The number of thiazole rings is 1. The minimum Gasteiger partial charge on any atom is -0.380 e. The van der Waals surface area contributed by atoms with Gasteiger partial charge in [-0.05, 0) is 20.8 Å². The summed E-state index contributed by atoms with van der Waals surface area (Å²) in [5.41, 5.74) is 1.09. The second kappa shape index (κ2) is 8.05. The number of aliphatic imine (C=N–C) groups is 1. The Morgan fingerprint density at radius 1 is 1.39 bits per heavy atom. The Labute approximate surface area is 113 Å². The molecule has 2 N–H and O–H groups in total. The first-order chi connectivity index (χ1) is 8.67. The third kappa shape index (κ3) is 5.01. The van der Waals surface area contributed by atoms with Gasteiger partial charge in [0.05, 0.1) is 23.9 Å². The summed E-state index contributed by atoms with van der Waals surface area (Å²) in [6, 6.07) is 0. The number of rotatable bonds is 6. The second-order valence-corrected chi connectivity index (χ2v) is 5.08. The van der Waals surface area contributed by atoms with Crippen molar-refractivity contribution in [2.75, 3.05) is 26.8 Å². The highest BCUT2D eigenvalue weighted by Gasteiger charge is 2.05. The van der Waals surface area contributed by atoms with Crippen molar-refractivity contribution in [1.82, 2.24) is 15.6 Å². The summed E-state index contributed by atoms with van der Waals surface area (Å²) in [6.45, 7) is 8.99. The molecule has 0 radical (unpaired) electrons. The highest BCUT2D eigenvalue weighted by Crippen LogP contribution is 2.16. The Morgan fingerprint density at radius 2 is 2.17 bits per heavy atom. The van der Waals surface area contributed by atoms with Crippen LogP contribution in [0.1, 0.15) is 22.5 Å². The van der Waals surface area contributed by atoms with Gasteiger partial charge in [-0.2, -0.15) is 0 Å². The van der Waals surface area contributed by atoms with Gasteiger partial charge in [0.2, 0.25) is 0 Å². The Hall–Kier alpha value is -1.14. The van der Waals surface area contributed by atoms with Crippen LogP contribution in [0.25, 0.3) is 0 Å². The summed E-state index contributed by atoms with van der Waals surface area (Å²) in [5.74, 6) is 0.792. The van der Waals surface area contributed by atoms with Gasteiger partial charge in [0, 0.05) is 25.1 Å². The zero-order valence-corrected chi connectivity index (χ0v) is 12.4. The standard InChI is InChI=1S/C12H22N4OS/c1-5-17-7-6-14-12(13-4)15-8-11-9(2)16-10(3)18-11/h5-8H2,1-4H3,(H2,13,14,15). The number of hydrogen-bond donors (Lipinski definition) is 2. The van der Waals surface area contributed by atoms with Crippen LogP contribution in [-0.2, 0) is 11.3 Å². The lowest BCUT2D eigenvalue weighted by Crippen LogP contribution is -2.38. The molecule has 0 fully saturated rings. The fourth-order valence-corrected chi connectivity index (χ4v) is 2.38. The number of guanidine groups is 1. The average molecular weight is 270 g/mol. The van der Waals surface area contributed by atoms with E-state index >= 15 is 0 Å². The van der Waals surface area contributed by atoms with Crippen molar-refractivity contribution in [1.29, 1.82) is 0 Å². The second-order valence-electron chi connectivity index (χ2n) is 3.79. The van der Waals surface area contributed by atoms with Crippen LogP contribution in [0.5, 0.6) is 0 Å². The van der Waals surface area contributed by atoms with Crippen LogP contribution in [-0.4, -0.2) is 37.7 Å². The quantitative estimate of drug-likeness (QED) is 0.467. The lowest BCUT2D eigenvalue weighted by molar-refractivity contribution is 0.152. The molecule has 102 valence electrons. The summed E-state index contributed by atoms with van der Waals surface area (Å²) in [4.78, 5) is 9.81.